The van der Waals surface area contributed by atoms with Crippen LogP contribution < -0.4 is 4.72 Å². The molecular weight excluding hydrogens is 403 g/mol. The zero-order valence-corrected chi connectivity index (χ0v) is 18.3. The monoisotopic (exact) mass is 430 g/mol. The zero-order chi connectivity index (χ0) is 21.5. The molecule has 0 unspecified atom stereocenters. The summed E-state index contributed by atoms with van der Waals surface area (Å²) in [4.78, 5) is 12.4. The summed E-state index contributed by atoms with van der Waals surface area (Å²) in [6, 6.07) is 8.18. The lowest BCUT2D eigenvalue weighted by Crippen LogP contribution is -2.45. The number of hydrogen-bond donors (Lipinski definition) is 2. The fourth-order valence-electron chi connectivity index (χ4n) is 3.82. The molecule has 0 radical (unpaired) electrons. The van der Waals surface area contributed by atoms with Crippen LogP contribution in [-0.2, 0) is 10.0 Å². The van der Waals surface area contributed by atoms with Crippen LogP contribution in [0.15, 0.2) is 36.5 Å². The third-order valence-electron chi connectivity index (χ3n) is 5.79. The number of hydrogen-bond acceptors (Lipinski definition) is 4. The van der Waals surface area contributed by atoms with E-state index in [0.717, 1.165) is 48.0 Å². The number of halogens is 1. The van der Waals surface area contributed by atoms with Crippen LogP contribution in [0.4, 0.5) is 4.39 Å². The van der Waals surface area contributed by atoms with E-state index in [-0.39, 0.29) is 11.9 Å². The molecule has 6 nitrogen and oxygen atoms in total. The first-order chi connectivity index (χ1) is 14.1. The van der Waals surface area contributed by atoms with Crippen LogP contribution in [0.5, 0.6) is 0 Å². The average molecular weight is 431 g/mol. The second kappa shape index (κ2) is 7.74. The van der Waals surface area contributed by atoms with E-state index in [1.807, 2.05) is 6.07 Å². The number of rotatable bonds is 4. The van der Waals surface area contributed by atoms with Gasteiger partial charge in [0.15, 0.2) is 5.82 Å². The number of aromatic nitrogens is 3. The lowest BCUT2D eigenvalue weighted by molar-refractivity contribution is 0.368. The number of fused-ring (bicyclic) bond motifs is 1. The molecule has 2 N–H and O–H groups in total. The van der Waals surface area contributed by atoms with Gasteiger partial charge in [-0.1, -0.05) is 0 Å². The molecule has 160 valence electrons. The van der Waals surface area contributed by atoms with Gasteiger partial charge in [0.25, 0.3) is 0 Å². The Labute approximate surface area is 176 Å². The van der Waals surface area contributed by atoms with E-state index in [1.165, 1.54) is 12.1 Å². The Morgan fingerprint density at radius 3 is 2.40 bits per heavy atom. The molecule has 1 saturated carbocycles. The number of nitrogens with zero attached hydrogens (tertiary/aromatic N) is 2. The van der Waals surface area contributed by atoms with E-state index < -0.39 is 14.8 Å². The van der Waals surface area contributed by atoms with Crippen LogP contribution in [0.3, 0.4) is 0 Å². The number of H-pyrrole nitrogens is 1. The third kappa shape index (κ3) is 4.25. The molecule has 1 aliphatic rings. The minimum absolute atomic E-state index is 0.0141. The molecular formula is C22H27FN4O2S. The van der Waals surface area contributed by atoms with Crippen molar-refractivity contribution in [2.24, 2.45) is 0 Å². The molecule has 4 rings (SSSR count). The number of benzene rings is 1. The van der Waals surface area contributed by atoms with Crippen LogP contribution in [0.2, 0.25) is 0 Å². The molecule has 2 aromatic heterocycles. The van der Waals surface area contributed by atoms with Crippen molar-refractivity contribution in [1.82, 2.24) is 19.7 Å². The summed E-state index contributed by atoms with van der Waals surface area (Å²) in [7, 11) is -3.33. The highest BCUT2D eigenvalue weighted by Gasteiger charge is 2.33. The van der Waals surface area contributed by atoms with Crippen molar-refractivity contribution in [3.8, 4) is 11.4 Å². The van der Waals surface area contributed by atoms with Crippen molar-refractivity contribution >= 4 is 21.1 Å². The molecule has 1 fully saturated rings. The maximum atomic E-state index is 13.2. The molecule has 30 heavy (non-hydrogen) atoms. The molecule has 0 atom stereocenters. The van der Waals surface area contributed by atoms with Crippen molar-refractivity contribution in [3.05, 3.63) is 48.0 Å². The third-order valence-corrected chi connectivity index (χ3v) is 8.04. The number of nitrogens with one attached hydrogen (secondary N) is 2. The van der Waals surface area contributed by atoms with Gasteiger partial charge in [-0.05, 0) is 82.7 Å². The van der Waals surface area contributed by atoms with Gasteiger partial charge in [0, 0.05) is 17.3 Å². The van der Waals surface area contributed by atoms with E-state index in [1.54, 1.807) is 39.1 Å². The molecule has 0 aliphatic heterocycles. The maximum Gasteiger partial charge on any atom is 0.216 e. The molecule has 3 aromatic rings. The van der Waals surface area contributed by atoms with Crippen molar-refractivity contribution < 1.29 is 12.8 Å². The lowest BCUT2D eigenvalue weighted by Gasteiger charge is -2.31. The topological polar surface area (TPSA) is 87.7 Å². The van der Waals surface area contributed by atoms with E-state index in [4.69, 9.17) is 0 Å². The van der Waals surface area contributed by atoms with E-state index in [2.05, 4.69) is 19.7 Å². The van der Waals surface area contributed by atoms with Gasteiger partial charge in [0.05, 0.1) is 22.0 Å². The summed E-state index contributed by atoms with van der Waals surface area (Å²) in [6.07, 6.45) is 5.18. The summed E-state index contributed by atoms with van der Waals surface area (Å²) in [5, 5.41) is 0. The quantitative estimate of drug-likeness (QED) is 0.638. The highest BCUT2D eigenvalue weighted by atomic mass is 32.2. The van der Waals surface area contributed by atoms with Crippen LogP contribution in [0, 0.1) is 5.82 Å². The predicted molar refractivity (Wildman–Crippen MR) is 116 cm³/mol. The van der Waals surface area contributed by atoms with Crippen molar-refractivity contribution in [3.63, 3.8) is 0 Å². The summed E-state index contributed by atoms with van der Waals surface area (Å²) in [5.41, 5.74) is 3.57. The summed E-state index contributed by atoms with van der Waals surface area (Å²) >= 11 is 0. The van der Waals surface area contributed by atoms with Gasteiger partial charge < -0.3 is 4.98 Å². The Balaban J connectivity index is 1.46. The second-order valence-corrected chi connectivity index (χ2v) is 11.5. The SMILES string of the molecule is CC(C)(C)S(=O)(=O)N[C@H]1CC[C@H](c2cc3nc(-c4ccc(F)cc4)ncc3[nH]2)CC1. The van der Waals surface area contributed by atoms with Crippen molar-refractivity contribution in [2.45, 2.75) is 63.2 Å². The second-order valence-electron chi connectivity index (χ2n) is 9.01. The first-order valence-electron chi connectivity index (χ1n) is 10.3. The number of aromatic amines is 1. The van der Waals surface area contributed by atoms with E-state index in [0.29, 0.717) is 11.7 Å². The Kier molecular flexibility index (Phi) is 5.40. The molecule has 1 aromatic carbocycles. The summed E-state index contributed by atoms with van der Waals surface area (Å²) in [6.45, 7) is 5.14. The minimum Gasteiger partial charge on any atom is -0.356 e. The normalized spacial score (nSPS) is 20.5. The summed E-state index contributed by atoms with van der Waals surface area (Å²) in [5.74, 6) is 0.612. The molecule has 0 saturated heterocycles. The highest BCUT2D eigenvalue weighted by Crippen LogP contribution is 2.34. The smallest absolute Gasteiger partial charge is 0.216 e. The largest absolute Gasteiger partial charge is 0.356 e. The van der Waals surface area contributed by atoms with Gasteiger partial charge in [0.1, 0.15) is 5.82 Å². The van der Waals surface area contributed by atoms with E-state index >= 15 is 0 Å². The van der Waals surface area contributed by atoms with Gasteiger partial charge in [0.2, 0.25) is 10.0 Å². The van der Waals surface area contributed by atoms with Crippen LogP contribution in [0.1, 0.15) is 58.1 Å². The van der Waals surface area contributed by atoms with Crippen LogP contribution >= 0.6 is 0 Å². The Morgan fingerprint density at radius 2 is 1.77 bits per heavy atom. The van der Waals surface area contributed by atoms with Crippen molar-refractivity contribution in [1.29, 1.82) is 0 Å². The van der Waals surface area contributed by atoms with Gasteiger partial charge in [-0.2, -0.15) is 0 Å². The zero-order valence-electron chi connectivity index (χ0n) is 17.4. The highest BCUT2D eigenvalue weighted by molar-refractivity contribution is 7.90. The maximum absolute atomic E-state index is 13.2. The summed E-state index contributed by atoms with van der Waals surface area (Å²) < 4.78 is 40.0. The van der Waals surface area contributed by atoms with Crippen LogP contribution in [-0.4, -0.2) is 34.2 Å². The van der Waals surface area contributed by atoms with Crippen LogP contribution in [0.25, 0.3) is 22.4 Å². The molecule has 1 aliphatic carbocycles. The van der Waals surface area contributed by atoms with Gasteiger partial charge in [-0.25, -0.2) is 27.5 Å². The standard InChI is InChI=1S/C22H27FN4O2S/c1-22(2,3)30(28,29)27-17-10-6-14(7-11-17)18-12-19-20(25-18)13-24-21(26-19)15-4-8-16(23)9-5-15/h4-5,8-9,12-14,17,25,27H,6-7,10-11H2,1-3H3/t14-,17-. The lowest BCUT2D eigenvalue weighted by atomic mass is 9.84. The molecule has 0 amide bonds. The van der Waals surface area contributed by atoms with E-state index in [9.17, 15) is 12.8 Å². The fraction of sp³-hybridized carbons (Fsp3) is 0.455. The first kappa shape index (κ1) is 20.9. The fourth-order valence-corrected chi connectivity index (χ4v) is 4.84. The van der Waals surface area contributed by atoms with Gasteiger partial charge >= 0.3 is 0 Å². The van der Waals surface area contributed by atoms with Crippen molar-refractivity contribution in [2.75, 3.05) is 0 Å². The average Bonchev–Trinajstić information content (AvgIpc) is 3.11. The Bertz CT molecular complexity index is 1140. The Morgan fingerprint density at radius 1 is 1.10 bits per heavy atom. The Hall–Kier alpha value is -2.32. The number of sulfonamides is 1. The molecule has 2 heterocycles. The molecule has 0 spiro atoms. The van der Waals surface area contributed by atoms with Gasteiger partial charge in [-0.3, -0.25) is 0 Å². The predicted octanol–water partition coefficient (Wildman–Crippen LogP) is 4.51. The molecule has 0 bridgehead atoms. The minimum atomic E-state index is -3.33. The van der Waals surface area contributed by atoms with Gasteiger partial charge in [-0.15, -0.1) is 0 Å². The molecule has 8 heteroatoms. The first-order valence-corrected chi connectivity index (χ1v) is 11.7.